The molecule has 1 rings (SSSR count). The molecule has 0 spiro atoms. The lowest BCUT2D eigenvalue weighted by molar-refractivity contribution is -0.293. The minimum atomic E-state index is -1.22. The molecule has 1 saturated heterocycles. The highest BCUT2D eigenvalue weighted by Gasteiger charge is 2.42. The average molecular weight is 248 g/mol. The van der Waals surface area contributed by atoms with Crippen molar-refractivity contribution in [3.05, 3.63) is 0 Å². The second-order valence-corrected chi connectivity index (χ2v) is 5.86. The second kappa shape index (κ2) is 5.63. The lowest BCUT2D eigenvalue weighted by atomic mass is 9.93. The molecule has 0 amide bonds. The number of rotatable bonds is 3. The molecule has 0 bridgehead atoms. The average Bonchev–Trinajstić information content (AvgIpc) is 2.21. The Morgan fingerprint density at radius 3 is 2.18 bits per heavy atom. The van der Waals surface area contributed by atoms with Gasteiger partial charge < -0.3 is 24.8 Å². The zero-order valence-electron chi connectivity index (χ0n) is 11.0. The third-order valence-electron chi connectivity index (χ3n) is 2.94. The Balaban J connectivity index is 2.43. The van der Waals surface area contributed by atoms with Gasteiger partial charge in [-0.15, -0.1) is 0 Å². The minimum absolute atomic E-state index is 0.142. The molecule has 1 aliphatic rings. The Bertz CT molecular complexity index is 238. The first-order valence-corrected chi connectivity index (χ1v) is 6.03. The third-order valence-corrected chi connectivity index (χ3v) is 2.94. The summed E-state index contributed by atoms with van der Waals surface area (Å²) in [6.45, 7) is 8.36. The molecule has 17 heavy (non-hydrogen) atoms. The molecule has 0 saturated carbocycles. The van der Waals surface area contributed by atoms with Crippen LogP contribution in [0, 0.1) is 5.41 Å². The molecule has 5 heteroatoms. The van der Waals surface area contributed by atoms with E-state index >= 15 is 0 Å². The van der Waals surface area contributed by atoms with E-state index in [1.165, 1.54) is 0 Å². The number of aliphatic hydroxyl groups excluding tert-OH is 3. The summed E-state index contributed by atoms with van der Waals surface area (Å²) < 4.78 is 10.7. The van der Waals surface area contributed by atoms with Crippen molar-refractivity contribution < 1.29 is 24.8 Å². The van der Waals surface area contributed by atoms with Crippen molar-refractivity contribution >= 4 is 0 Å². The molecule has 5 atom stereocenters. The van der Waals surface area contributed by atoms with E-state index in [0.29, 0.717) is 6.61 Å². The lowest BCUT2D eigenvalue weighted by Crippen LogP contribution is -2.57. The quantitative estimate of drug-likeness (QED) is 0.668. The molecule has 0 aromatic rings. The van der Waals surface area contributed by atoms with Crippen molar-refractivity contribution in [3.63, 3.8) is 0 Å². The van der Waals surface area contributed by atoms with Gasteiger partial charge in [0.25, 0.3) is 0 Å². The number of aliphatic hydroxyl groups is 3. The monoisotopic (exact) mass is 248 g/mol. The molecule has 102 valence electrons. The van der Waals surface area contributed by atoms with Crippen molar-refractivity contribution in [2.75, 3.05) is 6.61 Å². The minimum Gasteiger partial charge on any atom is -0.388 e. The first-order chi connectivity index (χ1) is 7.72. The molecular weight excluding hydrogens is 224 g/mol. The van der Waals surface area contributed by atoms with Crippen molar-refractivity contribution in [1.82, 2.24) is 0 Å². The van der Waals surface area contributed by atoms with Crippen LogP contribution in [0.5, 0.6) is 0 Å². The number of hydrogen-bond donors (Lipinski definition) is 3. The smallest absolute Gasteiger partial charge is 0.186 e. The largest absolute Gasteiger partial charge is 0.388 e. The van der Waals surface area contributed by atoms with Gasteiger partial charge in [-0.3, -0.25) is 0 Å². The Morgan fingerprint density at radius 1 is 1.06 bits per heavy atom. The van der Waals surface area contributed by atoms with Crippen molar-refractivity contribution in [3.8, 4) is 0 Å². The van der Waals surface area contributed by atoms with Crippen LogP contribution in [-0.2, 0) is 9.47 Å². The fraction of sp³-hybridized carbons (Fsp3) is 1.00. The van der Waals surface area contributed by atoms with E-state index in [0.717, 1.165) is 6.42 Å². The predicted molar refractivity (Wildman–Crippen MR) is 62.4 cm³/mol. The van der Waals surface area contributed by atoms with Crippen LogP contribution in [0.1, 0.15) is 34.1 Å². The summed E-state index contributed by atoms with van der Waals surface area (Å²) in [6.07, 6.45) is -4.10. The summed E-state index contributed by atoms with van der Waals surface area (Å²) in [7, 11) is 0. The highest BCUT2D eigenvalue weighted by molar-refractivity contribution is 4.87. The summed E-state index contributed by atoms with van der Waals surface area (Å²) in [5.41, 5.74) is 0.142. The molecule has 1 aliphatic heterocycles. The maximum Gasteiger partial charge on any atom is 0.186 e. The zero-order valence-corrected chi connectivity index (χ0v) is 11.0. The first kappa shape index (κ1) is 14.9. The van der Waals surface area contributed by atoms with Gasteiger partial charge in [-0.1, -0.05) is 20.8 Å². The van der Waals surface area contributed by atoms with E-state index in [4.69, 9.17) is 9.47 Å². The summed E-state index contributed by atoms with van der Waals surface area (Å²) in [5.74, 6) is 0. The summed E-state index contributed by atoms with van der Waals surface area (Å²) in [5, 5.41) is 28.8. The maximum absolute atomic E-state index is 9.70. The lowest BCUT2D eigenvalue weighted by Gasteiger charge is -2.39. The molecule has 0 aliphatic carbocycles. The number of ether oxygens (including phenoxy) is 2. The molecule has 0 unspecified atom stereocenters. The van der Waals surface area contributed by atoms with E-state index < -0.39 is 30.7 Å². The Hall–Kier alpha value is -0.200. The van der Waals surface area contributed by atoms with Crippen LogP contribution in [0.2, 0.25) is 0 Å². The fourth-order valence-electron chi connectivity index (χ4n) is 1.63. The van der Waals surface area contributed by atoms with Gasteiger partial charge in [0.2, 0.25) is 0 Å². The third kappa shape index (κ3) is 4.19. The Labute approximate surface area is 102 Å². The summed E-state index contributed by atoms with van der Waals surface area (Å²) in [4.78, 5) is 0. The van der Waals surface area contributed by atoms with Gasteiger partial charge in [0.1, 0.15) is 18.3 Å². The number of hydrogen-bond acceptors (Lipinski definition) is 5. The van der Waals surface area contributed by atoms with E-state index in [-0.39, 0.29) is 5.41 Å². The SMILES string of the molecule is C[C@@H]1O[C@H](OCCC(C)(C)C)[C@@H](O)[C@H](O)[C@@H]1O. The van der Waals surface area contributed by atoms with Crippen molar-refractivity contribution in [2.24, 2.45) is 5.41 Å². The summed E-state index contributed by atoms with van der Waals surface area (Å²) >= 11 is 0. The normalized spacial score (nSPS) is 39.4. The van der Waals surface area contributed by atoms with Crippen LogP contribution >= 0.6 is 0 Å². The molecule has 0 aromatic carbocycles. The topological polar surface area (TPSA) is 79.2 Å². The van der Waals surface area contributed by atoms with Gasteiger partial charge in [0.05, 0.1) is 12.7 Å². The van der Waals surface area contributed by atoms with Crippen LogP contribution in [-0.4, -0.2) is 52.6 Å². The molecule has 1 fully saturated rings. The van der Waals surface area contributed by atoms with Gasteiger partial charge in [-0.2, -0.15) is 0 Å². The van der Waals surface area contributed by atoms with Gasteiger partial charge in [-0.25, -0.2) is 0 Å². The van der Waals surface area contributed by atoms with Crippen molar-refractivity contribution in [1.29, 1.82) is 0 Å². The molecule has 3 N–H and O–H groups in total. The van der Waals surface area contributed by atoms with Crippen molar-refractivity contribution in [2.45, 2.75) is 64.8 Å². The van der Waals surface area contributed by atoms with Gasteiger partial charge in [0, 0.05) is 0 Å². The Kier molecular flexibility index (Phi) is 4.92. The zero-order chi connectivity index (χ0) is 13.2. The van der Waals surface area contributed by atoms with Gasteiger partial charge >= 0.3 is 0 Å². The van der Waals surface area contributed by atoms with E-state index in [9.17, 15) is 15.3 Å². The van der Waals surface area contributed by atoms with Crippen LogP contribution in [0.15, 0.2) is 0 Å². The summed E-state index contributed by atoms with van der Waals surface area (Å²) in [6, 6.07) is 0. The molecule has 5 nitrogen and oxygen atoms in total. The van der Waals surface area contributed by atoms with Crippen LogP contribution in [0.3, 0.4) is 0 Å². The standard InChI is InChI=1S/C12H24O5/c1-7-8(13)9(14)10(15)11(17-7)16-6-5-12(2,3)4/h7-11,13-15H,5-6H2,1-4H3/t7-,8+,9+,10-,11-/m0/s1. The van der Waals surface area contributed by atoms with E-state index in [2.05, 4.69) is 20.8 Å². The fourth-order valence-corrected chi connectivity index (χ4v) is 1.63. The van der Waals surface area contributed by atoms with E-state index in [1.807, 2.05) is 0 Å². The second-order valence-electron chi connectivity index (χ2n) is 5.86. The molecule has 0 aromatic heterocycles. The first-order valence-electron chi connectivity index (χ1n) is 6.03. The van der Waals surface area contributed by atoms with Crippen LogP contribution in [0.4, 0.5) is 0 Å². The highest BCUT2D eigenvalue weighted by atomic mass is 16.7. The Morgan fingerprint density at radius 2 is 1.65 bits per heavy atom. The molecule has 0 radical (unpaired) electrons. The predicted octanol–water partition coefficient (Wildman–Crippen LogP) is 0.267. The van der Waals surface area contributed by atoms with Crippen LogP contribution in [0.25, 0.3) is 0 Å². The van der Waals surface area contributed by atoms with E-state index in [1.54, 1.807) is 6.92 Å². The van der Waals surface area contributed by atoms with Gasteiger partial charge in [-0.05, 0) is 18.8 Å². The van der Waals surface area contributed by atoms with Gasteiger partial charge in [0.15, 0.2) is 6.29 Å². The molecular formula is C12H24O5. The molecule has 1 heterocycles. The van der Waals surface area contributed by atoms with Crippen LogP contribution < -0.4 is 0 Å². The highest BCUT2D eigenvalue weighted by Crippen LogP contribution is 2.23. The maximum atomic E-state index is 9.70.